The van der Waals surface area contributed by atoms with E-state index in [1.54, 1.807) is 24.3 Å². The van der Waals surface area contributed by atoms with Gasteiger partial charge in [0, 0.05) is 5.56 Å². The number of rotatable bonds is 4. The Kier molecular flexibility index (Phi) is 4.24. The molecule has 2 aromatic rings. The van der Waals surface area contributed by atoms with Crippen LogP contribution in [0.15, 0.2) is 58.8 Å². The first-order valence-electron chi connectivity index (χ1n) is 5.77. The zero-order chi connectivity index (χ0) is 14.5. The molecule has 7 heteroatoms. The number of benzene rings is 1. The van der Waals surface area contributed by atoms with Crippen LogP contribution < -0.4 is 11.3 Å². The molecule has 0 saturated carbocycles. The lowest BCUT2D eigenvalue weighted by Crippen LogP contribution is -2.29. The van der Waals surface area contributed by atoms with Crippen molar-refractivity contribution in [2.75, 3.05) is 0 Å². The molecule has 0 unspecified atom stereocenters. The Bertz CT molecular complexity index is 606. The van der Waals surface area contributed by atoms with Gasteiger partial charge in [0.2, 0.25) is 5.90 Å². The predicted octanol–water partition coefficient (Wildman–Crippen LogP) is 0.267. The van der Waals surface area contributed by atoms with Crippen molar-refractivity contribution in [1.82, 2.24) is 0 Å². The lowest BCUT2D eigenvalue weighted by Gasteiger charge is -2.09. The Hall–Kier alpha value is -2.51. The Morgan fingerprint density at radius 1 is 1.25 bits per heavy atom. The molecule has 2 rings (SSSR count). The molecule has 6 nitrogen and oxygen atoms in total. The summed E-state index contributed by atoms with van der Waals surface area (Å²) >= 11 is 0. The standard InChI is InChI=1S/C13H13BN2O4/c1-9(12-3-2-8-19-12)20-13(16-15)10-4-6-11(7-5-10)14(17)18/h2-8,17-18H,1,15H2/b16-13-. The fourth-order valence-electron chi connectivity index (χ4n) is 1.56. The summed E-state index contributed by atoms with van der Waals surface area (Å²) < 4.78 is 10.6. The van der Waals surface area contributed by atoms with Crippen LogP contribution in [0.25, 0.3) is 5.76 Å². The van der Waals surface area contributed by atoms with Gasteiger partial charge in [-0.3, -0.25) is 0 Å². The number of hydrogen-bond acceptors (Lipinski definition) is 6. The van der Waals surface area contributed by atoms with E-state index in [2.05, 4.69) is 11.7 Å². The van der Waals surface area contributed by atoms with Gasteiger partial charge in [0.15, 0.2) is 11.5 Å². The summed E-state index contributed by atoms with van der Waals surface area (Å²) in [4.78, 5) is 0. The second-order valence-corrected chi connectivity index (χ2v) is 3.93. The molecule has 0 radical (unpaired) electrons. The molecular weight excluding hydrogens is 259 g/mol. The van der Waals surface area contributed by atoms with Gasteiger partial charge >= 0.3 is 7.12 Å². The minimum atomic E-state index is -1.53. The van der Waals surface area contributed by atoms with Gasteiger partial charge in [-0.25, -0.2) is 0 Å². The molecule has 102 valence electrons. The van der Waals surface area contributed by atoms with Crippen LogP contribution in [0.1, 0.15) is 11.3 Å². The van der Waals surface area contributed by atoms with E-state index in [-0.39, 0.29) is 11.7 Å². The second kappa shape index (κ2) is 6.09. The minimum Gasteiger partial charge on any atom is -0.461 e. The molecule has 0 aliphatic carbocycles. The van der Waals surface area contributed by atoms with Crippen molar-refractivity contribution >= 4 is 24.2 Å². The highest BCUT2D eigenvalue weighted by Gasteiger charge is 2.13. The third-order valence-electron chi connectivity index (χ3n) is 2.59. The summed E-state index contributed by atoms with van der Waals surface area (Å²) in [6.45, 7) is 3.72. The van der Waals surface area contributed by atoms with Gasteiger partial charge in [-0.15, -0.1) is 5.10 Å². The van der Waals surface area contributed by atoms with Gasteiger partial charge in [-0.1, -0.05) is 18.7 Å². The van der Waals surface area contributed by atoms with Gasteiger partial charge in [0.1, 0.15) is 0 Å². The van der Waals surface area contributed by atoms with Crippen molar-refractivity contribution in [2.24, 2.45) is 10.9 Å². The highest BCUT2D eigenvalue weighted by Crippen LogP contribution is 2.16. The van der Waals surface area contributed by atoms with E-state index in [1.807, 2.05) is 0 Å². The van der Waals surface area contributed by atoms with E-state index in [0.717, 1.165) is 0 Å². The number of nitrogens with two attached hydrogens (primary N) is 1. The van der Waals surface area contributed by atoms with E-state index in [4.69, 9.17) is 25.0 Å². The summed E-state index contributed by atoms with van der Waals surface area (Å²) in [5, 5.41) is 21.6. The number of hydrazone groups is 1. The molecule has 1 aromatic heterocycles. The molecule has 0 fully saturated rings. The maximum atomic E-state index is 9.02. The number of hydrogen-bond donors (Lipinski definition) is 3. The van der Waals surface area contributed by atoms with Crippen LogP contribution in [-0.2, 0) is 4.74 Å². The molecule has 0 amide bonds. The SMILES string of the molecule is C=C(O/C(=N\N)c1ccc(B(O)O)cc1)c1ccco1. The summed E-state index contributed by atoms with van der Waals surface area (Å²) in [6.07, 6.45) is 1.50. The van der Waals surface area contributed by atoms with Crippen LogP contribution in [0.4, 0.5) is 0 Å². The average Bonchev–Trinajstić information content (AvgIpc) is 2.99. The fourth-order valence-corrected chi connectivity index (χ4v) is 1.56. The quantitative estimate of drug-likeness (QED) is 0.185. The van der Waals surface area contributed by atoms with Gasteiger partial charge in [0.25, 0.3) is 0 Å². The van der Waals surface area contributed by atoms with Crippen molar-refractivity contribution in [3.8, 4) is 0 Å². The Morgan fingerprint density at radius 2 is 1.95 bits per heavy atom. The maximum Gasteiger partial charge on any atom is 0.488 e. The minimum absolute atomic E-state index is 0.144. The van der Waals surface area contributed by atoms with E-state index in [1.165, 1.54) is 18.4 Å². The van der Waals surface area contributed by atoms with Crippen LogP contribution in [0.3, 0.4) is 0 Å². The van der Waals surface area contributed by atoms with Crippen LogP contribution in [0.2, 0.25) is 0 Å². The van der Waals surface area contributed by atoms with E-state index < -0.39 is 7.12 Å². The topological polar surface area (TPSA) is 101 Å². The van der Waals surface area contributed by atoms with Crippen LogP contribution in [-0.4, -0.2) is 23.1 Å². The second-order valence-electron chi connectivity index (χ2n) is 3.93. The molecule has 1 aromatic carbocycles. The first-order chi connectivity index (χ1) is 9.61. The Morgan fingerprint density at radius 3 is 2.45 bits per heavy atom. The zero-order valence-electron chi connectivity index (χ0n) is 10.6. The third kappa shape index (κ3) is 3.08. The van der Waals surface area contributed by atoms with Crippen LogP contribution >= 0.6 is 0 Å². The first-order valence-corrected chi connectivity index (χ1v) is 5.77. The molecule has 0 saturated heterocycles. The van der Waals surface area contributed by atoms with E-state index >= 15 is 0 Å². The van der Waals surface area contributed by atoms with Gasteiger partial charge < -0.3 is 25.0 Å². The summed E-state index contributed by atoms with van der Waals surface area (Å²) in [6, 6.07) is 9.68. The number of nitrogens with zero attached hydrogens (tertiary/aromatic N) is 1. The summed E-state index contributed by atoms with van der Waals surface area (Å²) in [5.74, 6) is 6.18. The normalized spacial score (nSPS) is 11.2. The molecule has 0 bridgehead atoms. The van der Waals surface area contributed by atoms with E-state index in [9.17, 15) is 0 Å². The van der Waals surface area contributed by atoms with Crippen molar-refractivity contribution in [3.63, 3.8) is 0 Å². The smallest absolute Gasteiger partial charge is 0.461 e. The summed E-state index contributed by atoms with van der Waals surface area (Å²) in [7, 11) is -1.53. The molecule has 0 aliphatic heterocycles. The molecule has 20 heavy (non-hydrogen) atoms. The fraction of sp³-hybridized carbons (Fsp3) is 0. The first kappa shape index (κ1) is 13.9. The maximum absolute atomic E-state index is 9.02. The van der Waals surface area contributed by atoms with E-state index in [0.29, 0.717) is 16.8 Å². The number of ether oxygens (including phenoxy) is 1. The highest BCUT2D eigenvalue weighted by atomic mass is 16.5. The molecule has 0 aliphatic rings. The van der Waals surface area contributed by atoms with Crippen molar-refractivity contribution < 1.29 is 19.2 Å². The van der Waals surface area contributed by atoms with Gasteiger partial charge in [-0.05, 0) is 29.7 Å². The molecule has 0 atom stereocenters. The van der Waals surface area contributed by atoms with Crippen molar-refractivity contribution in [3.05, 3.63) is 60.6 Å². The van der Waals surface area contributed by atoms with Crippen LogP contribution in [0.5, 0.6) is 0 Å². The Balaban J connectivity index is 2.15. The van der Waals surface area contributed by atoms with Gasteiger partial charge in [-0.2, -0.15) is 0 Å². The van der Waals surface area contributed by atoms with Gasteiger partial charge in [0.05, 0.1) is 6.26 Å². The zero-order valence-corrected chi connectivity index (χ0v) is 10.6. The largest absolute Gasteiger partial charge is 0.488 e. The highest BCUT2D eigenvalue weighted by molar-refractivity contribution is 6.58. The lowest BCUT2D eigenvalue weighted by atomic mass is 9.80. The number of furan rings is 1. The molecule has 0 spiro atoms. The summed E-state index contributed by atoms with van der Waals surface area (Å²) in [5.41, 5.74) is 0.930. The third-order valence-corrected chi connectivity index (χ3v) is 2.59. The lowest BCUT2D eigenvalue weighted by molar-refractivity contribution is 0.425. The molecule has 4 N–H and O–H groups in total. The Labute approximate surface area is 115 Å². The average molecular weight is 272 g/mol. The molecule has 1 heterocycles. The molecular formula is C13H13BN2O4. The van der Waals surface area contributed by atoms with Crippen LogP contribution in [0, 0.1) is 0 Å². The monoisotopic (exact) mass is 272 g/mol. The van der Waals surface area contributed by atoms with Crippen molar-refractivity contribution in [1.29, 1.82) is 0 Å². The predicted molar refractivity (Wildman–Crippen MR) is 75.8 cm³/mol. The van der Waals surface area contributed by atoms with Crippen molar-refractivity contribution in [2.45, 2.75) is 0 Å².